The second-order valence-electron chi connectivity index (χ2n) is 3.03. The van der Waals surface area contributed by atoms with Crippen LogP contribution < -0.4 is 0 Å². The third kappa shape index (κ3) is 2.84. The van der Waals surface area contributed by atoms with Gasteiger partial charge >= 0.3 is 6.18 Å². The Bertz CT molecular complexity index is 424. The fraction of sp³-hybridized carbons (Fsp3) is 0.182. The Kier molecular flexibility index (Phi) is 3.15. The van der Waals surface area contributed by atoms with Crippen molar-refractivity contribution in [2.45, 2.75) is 13.1 Å². The summed E-state index contributed by atoms with van der Waals surface area (Å²) in [5.74, 6) is 0. The van der Waals surface area contributed by atoms with E-state index in [-0.39, 0.29) is 5.56 Å². The molecule has 15 heavy (non-hydrogen) atoms. The molecule has 0 spiro atoms. The van der Waals surface area contributed by atoms with E-state index in [4.69, 9.17) is 5.26 Å². The molecule has 1 nitrogen and oxygen atoms in total. The van der Waals surface area contributed by atoms with Gasteiger partial charge in [0.05, 0.1) is 11.6 Å². The average molecular weight is 211 g/mol. The van der Waals surface area contributed by atoms with Crippen molar-refractivity contribution < 1.29 is 13.2 Å². The number of nitriles is 1. The van der Waals surface area contributed by atoms with Crippen LogP contribution in [-0.2, 0) is 6.18 Å². The van der Waals surface area contributed by atoms with E-state index in [1.807, 2.05) is 0 Å². The third-order valence-electron chi connectivity index (χ3n) is 1.91. The summed E-state index contributed by atoms with van der Waals surface area (Å²) in [5.41, 5.74) is 0.0984. The van der Waals surface area contributed by atoms with Crippen LogP contribution >= 0.6 is 0 Å². The SMILES string of the molecule is Cc1cc(C=CC#N)ccc1C(F)(F)F. The van der Waals surface area contributed by atoms with E-state index < -0.39 is 11.7 Å². The molecule has 0 aliphatic carbocycles. The molecule has 0 N–H and O–H groups in total. The fourth-order valence-electron chi connectivity index (χ4n) is 1.24. The molecule has 1 rings (SSSR count). The number of rotatable bonds is 1. The normalized spacial score (nSPS) is 11.7. The Morgan fingerprint density at radius 2 is 2.00 bits per heavy atom. The highest BCUT2D eigenvalue weighted by Gasteiger charge is 2.31. The summed E-state index contributed by atoms with van der Waals surface area (Å²) in [6.45, 7) is 1.40. The molecule has 0 radical (unpaired) electrons. The van der Waals surface area contributed by atoms with Crippen molar-refractivity contribution in [3.8, 4) is 6.07 Å². The molecule has 0 bridgehead atoms. The Labute approximate surface area is 85.5 Å². The molecule has 1 aromatic carbocycles. The summed E-state index contributed by atoms with van der Waals surface area (Å²) in [6, 6.07) is 5.53. The molecule has 0 aliphatic rings. The lowest BCUT2D eigenvalue weighted by atomic mass is 10.0. The fourth-order valence-corrected chi connectivity index (χ4v) is 1.24. The molecule has 0 unspecified atom stereocenters. The number of aryl methyl sites for hydroxylation is 1. The van der Waals surface area contributed by atoms with Crippen molar-refractivity contribution in [1.29, 1.82) is 5.26 Å². The molecular formula is C11H8F3N. The Balaban J connectivity index is 3.10. The lowest BCUT2D eigenvalue weighted by Crippen LogP contribution is -2.07. The van der Waals surface area contributed by atoms with Gasteiger partial charge in [0.25, 0.3) is 0 Å². The van der Waals surface area contributed by atoms with Crippen LogP contribution in [0.1, 0.15) is 16.7 Å². The molecule has 0 heterocycles. The number of halogens is 3. The predicted molar refractivity (Wildman–Crippen MR) is 50.8 cm³/mol. The molecule has 0 atom stereocenters. The van der Waals surface area contributed by atoms with Crippen molar-refractivity contribution in [3.63, 3.8) is 0 Å². The van der Waals surface area contributed by atoms with Crippen LogP contribution in [0.25, 0.3) is 6.08 Å². The third-order valence-corrected chi connectivity index (χ3v) is 1.91. The molecule has 0 aromatic heterocycles. The van der Waals surface area contributed by atoms with Gasteiger partial charge in [0.15, 0.2) is 0 Å². The lowest BCUT2D eigenvalue weighted by molar-refractivity contribution is -0.138. The maximum Gasteiger partial charge on any atom is 0.416 e. The van der Waals surface area contributed by atoms with Gasteiger partial charge in [-0.15, -0.1) is 0 Å². The van der Waals surface area contributed by atoms with Gasteiger partial charge in [0.2, 0.25) is 0 Å². The molecular weight excluding hydrogens is 203 g/mol. The number of allylic oxidation sites excluding steroid dienone is 1. The van der Waals surface area contributed by atoms with Gasteiger partial charge in [-0.25, -0.2) is 0 Å². The first kappa shape index (κ1) is 11.3. The number of hydrogen-bond acceptors (Lipinski definition) is 1. The minimum absolute atomic E-state index is 0.155. The molecule has 0 amide bonds. The molecule has 0 aliphatic heterocycles. The molecule has 0 saturated carbocycles. The van der Waals surface area contributed by atoms with Crippen LogP contribution in [-0.4, -0.2) is 0 Å². The van der Waals surface area contributed by atoms with Gasteiger partial charge in [-0.1, -0.05) is 12.1 Å². The standard InChI is InChI=1S/C11H8F3N/c1-8-7-9(3-2-6-15)4-5-10(8)11(12,13)14/h2-5,7H,1H3. The Hall–Kier alpha value is -1.76. The first-order valence-corrected chi connectivity index (χ1v) is 4.19. The van der Waals surface area contributed by atoms with E-state index in [1.54, 1.807) is 6.07 Å². The molecule has 4 heteroatoms. The highest BCUT2D eigenvalue weighted by atomic mass is 19.4. The van der Waals surface area contributed by atoms with E-state index in [9.17, 15) is 13.2 Å². The van der Waals surface area contributed by atoms with E-state index >= 15 is 0 Å². The smallest absolute Gasteiger partial charge is 0.193 e. The van der Waals surface area contributed by atoms with Crippen molar-refractivity contribution in [3.05, 3.63) is 41.0 Å². The van der Waals surface area contributed by atoms with Crippen LogP contribution in [0.2, 0.25) is 0 Å². The summed E-state index contributed by atoms with van der Waals surface area (Å²) < 4.78 is 37.1. The first-order chi connectivity index (χ1) is 6.95. The minimum Gasteiger partial charge on any atom is -0.193 e. The highest BCUT2D eigenvalue weighted by molar-refractivity contribution is 5.54. The van der Waals surface area contributed by atoms with Crippen LogP contribution in [0.4, 0.5) is 13.2 Å². The molecule has 78 valence electrons. The van der Waals surface area contributed by atoms with E-state index in [2.05, 4.69) is 0 Å². The summed E-state index contributed by atoms with van der Waals surface area (Å²) in [7, 11) is 0. The van der Waals surface area contributed by atoms with Crippen molar-refractivity contribution in [1.82, 2.24) is 0 Å². The largest absolute Gasteiger partial charge is 0.416 e. The lowest BCUT2D eigenvalue weighted by Gasteiger charge is -2.10. The number of alkyl halides is 3. The van der Waals surface area contributed by atoms with Crippen LogP contribution in [0, 0.1) is 18.3 Å². The second-order valence-corrected chi connectivity index (χ2v) is 3.03. The van der Waals surface area contributed by atoms with Gasteiger partial charge in [-0.05, 0) is 30.2 Å². The second kappa shape index (κ2) is 4.18. The summed E-state index contributed by atoms with van der Waals surface area (Å²) in [4.78, 5) is 0. The van der Waals surface area contributed by atoms with Crippen molar-refractivity contribution in [2.24, 2.45) is 0 Å². The van der Waals surface area contributed by atoms with Crippen LogP contribution in [0.5, 0.6) is 0 Å². The van der Waals surface area contributed by atoms with Gasteiger partial charge in [-0.3, -0.25) is 0 Å². The number of hydrogen-bond donors (Lipinski definition) is 0. The Morgan fingerprint density at radius 3 is 2.47 bits per heavy atom. The molecule has 0 saturated heterocycles. The maximum atomic E-state index is 12.4. The van der Waals surface area contributed by atoms with Crippen molar-refractivity contribution >= 4 is 6.08 Å². The molecule has 1 aromatic rings. The van der Waals surface area contributed by atoms with Gasteiger partial charge in [0, 0.05) is 6.08 Å². The van der Waals surface area contributed by atoms with Crippen molar-refractivity contribution in [2.75, 3.05) is 0 Å². The first-order valence-electron chi connectivity index (χ1n) is 4.19. The average Bonchev–Trinajstić information content (AvgIpc) is 2.12. The zero-order valence-electron chi connectivity index (χ0n) is 7.97. The Morgan fingerprint density at radius 1 is 1.33 bits per heavy atom. The number of nitrogens with zero attached hydrogens (tertiary/aromatic N) is 1. The molecule has 0 fully saturated rings. The van der Waals surface area contributed by atoms with E-state index in [1.165, 1.54) is 31.2 Å². The van der Waals surface area contributed by atoms with E-state index in [0.717, 1.165) is 6.07 Å². The maximum absolute atomic E-state index is 12.4. The van der Waals surface area contributed by atoms with Gasteiger partial charge in [0.1, 0.15) is 0 Å². The summed E-state index contributed by atoms with van der Waals surface area (Å²) >= 11 is 0. The van der Waals surface area contributed by atoms with Gasteiger partial charge in [-0.2, -0.15) is 18.4 Å². The zero-order valence-corrected chi connectivity index (χ0v) is 7.97. The summed E-state index contributed by atoms with van der Waals surface area (Å²) in [6.07, 6.45) is -1.63. The summed E-state index contributed by atoms with van der Waals surface area (Å²) in [5, 5.41) is 8.26. The quantitative estimate of drug-likeness (QED) is 0.651. The van der Waals surface area contributed by atoms with Crippen LogP contribution in [0.3, 0.4) is 0 Å². The minimum atomic E-state index is -4.32. The zero-order chi connectivity index (χ0) is 11.5. The monoisotopic (exact) mass is 211 g/mol. The predicted octanol–water partition coefficient (Wildman–Crippen LogP) is 3.55. The van der Waals surface area contributed by atoms with E-state index in [0.29, 0.717) is 5.56 Å². The van der Waals surface area contributed by atoms with Gasteiger partial charge < -0.3 is 0 Å². The van der Waals surface area contributed by atoms with Crippen LogP contribution in [0.15, 0.2) is 24.3 Å². The highest BCUT2D eigenvalue weighted by Crippen LogP contribution is 2.32. The number of benzene rings is 1. The topological polar surface area (TPSA) is 23.8 Å².